The first-order valence-electron chi connectivity index (χ1n) is 6.09. The van der Waals surface area contributed by atoms with Gasteiger partial charge in [-0.05, 0) is 30.9 Å². The van der Waals surface area contributed by atoms with E-state index in [2.05, 4.69) is 0 Å². The van der Waals surface area contributed by atoms with Crippen LogP contribution in [0.1, 0.15) is 37.3 Å². The fraction of sp³-hybridized carbons (Fsp3) is 0.500. The zero-order valence-electron chi connectivity index (χ0n) is 10.7. The van der Waals surface area contributed by atoms with Crippen molar-refractivity contribution in [1.29, 1.82) is 0 Å². The lowest BCUT2D eigenvalue weighted by molar-refractivity contribution is -0.168. The normalized spacial score (nSPS) is 16.8. The first-order valence-corrected chi connectivity index (χ1v) is 6.09. The number of carbonyl (C=O) groups is 1. The fourth-order valence-corrected chi connectivity index (χ4v) is 2.38. The molecule has 1 aromatic carbocycles. The highest BCUT2D eigenvalue weighted by Crippen LogP contribution is 2.46. The van der Waals surface area contributed by atoms with E-state index in [0.717, 1.165) is 30.4 Å². The lowest BCUT2D eigenvalue weighted by Gasteiger charge is -2.41. The standard InChI is InChI=1S/C14H18O4/c1-10(16)18-14(6-3-7-14)12-5-4-11(9-15)13(8-12)17-2/h4-5,8,15H,3,6-7,9H2,1-2H3. The van der Waals surface area contributed by atoms with Crippen LogP contribution in [0.15, 0.2) is 18.2 Å². The van der Waals surface area contributed by atoms with Crippen LogP contribution in [0.25, 0.3) is 0 Å². The highest BCUT2D eigenvalue weighted by Gasteiger charge is 2.42. The van der Waals surface area contributed by atoms with Crippen LogP contribution in [0.2, 0.25) is 0 Å². The molecule has 1 saturated carbocycles. The monoisotopic (exact) mass is 250 g/mol. The Balaban J connectivity index is 2.34. The van der Waals surface area contributed by atoms with Gasteiger partial charge in [0.15, 0.2) is 0 Å². The molecule has 4 heteroatoms. The zero-order chi connectivity index (χ0) is 13.2. The van der Waals surface area contributed by atoms with Crippen LogP contribution >= 0.6 is 0 Å². The maximum absolute atomic E-state index is 11.2. The van der Waals surface area contributed by atoms with Gasteiger partial charge in [-0.15, -0.1) is 0 Å². The SMILES string of the molecule is COc1cc(C2(OC(C)=O)CCC2)ccc1CO. The second kappa shape index (κ2) is 4.98. The maximum atomic E-state index is 11.2. The summed E-state index contributed by atoms with van der Waals surface area (Å²) in [6.45, 7) is 1.36. The highest BCUT2D eigenvalue weighted by molar-refractivity contribution is 5.67. The molecule has 0 aliphatic heterocycles. The molecule has 0 spiro atoms. The van der Waals surface area contributed by atoms with Gasteiger partial charge in [0, 0.05) is 12.5 Å². The predicted octanol–water partition coefficient (Wildman–Crippen LogP) is 2.13. The first kappa shape index (κ1) is 12.9. The van der Waals surface area contributed by atoms with E-state index in [9.17, 15) is 9.90 Å². The molecule has 0 heterocycles. The van der Waals surface area contributed by atoms with Crippen molar-refractivity contribution < 1.29 is 19.4 Å². The number of aliphatic hydroxyl groups is 1. The lowest BCUT2D eigenvalue weighted by atomic mass is 9.74. The Hall–Kier alpha value is -1.55. The van der Waals surface area contributed by atoms with Gasteiger partial charge in [-0.25, -0.2) is 0 Å². The summed E-state index contributed by atoms with van der Waals surface area (Å²) in [6.07, 6.45) is 2.74. The number of rotatable bonds is 4. The maximum Gasteiger partial charge on any atom is 0.303 e. The first-order chi connectivity index (χ1) is 8.61. The summed E-state index contributed by atoms with van der Waals surface area (Å²) in [6, 6.07) is 5.57. The van der Waals surface area contributed by atoms with Crippen LogP contribution in [0, 0.1) is 0 Å². The third-order valence-electron chi connectivity index (χ3n) is 3.48. The van der Waals surface area contributed by atoms with Crippen molar-refractivity contribution in [3.63, 3.8) is 0 Å². The summed E-state index contributed by atoms with van der Waals surface area (Å²) in [5.41, 5.74) is 1.18. The molecular weight excluding hydrogens is 232 g/mol. The average Bonchev–Trinajstić information content (AvgIpc) is 2.32. The second-order valence-electron chi connectivity index (χ2n) is 4.63. The summed E-state index contributed by atoms with van der Waals surface area (Å²) in [5, 5.41) is 9.19. The molecule has 0 atom stereocenters. The molecule has 0 radical (unpaired) electrons. The van der Waals surface area contributed by atoms with Gasteiger partial charge in [-0.1, -0.05) is 12.1 Å². The molecule has 2 rings (SSSR count). The van der Waals surface area contributed by atoms with Crippen molar-refractivity contribution in [2.75, 3.05) is 7.11 Å². The molecule has 0 aromatic heterocycles. The van der Waals surface area contributed by atoms with E-state index in [-0.39, 0.29) is 12.6 Å². The molecule has 0 bridgehead atoms. The van der Waals surface area contributed by atoms with E-state index >= 15 is 0 Å². The van der Waals surface area contributed by atoms with E-state index in [4.69, 9.17) is 9.47 Å². The van der Waals surface area contributed by atoms with Crippen LogP contribution in [0.5, 0.6) is 5.75 Å². The topological polar surface area (TPSA) is 55.8 Å². The predicted molar refractivity (Wildman–Crippen MR) is 66.2 cm³/mol. The van der Waals surface area contributed by atoms with E-state index in [1.165, 1.54) is 6.92 Å². The Labute approximate surface area is 107 Å². The molecule has 4 nitrogen and oxygen atoms in total. The summed E-state index contributed by atoms with van der Waals surface area (Å²) < 4.78 is 10.7. The number of hydrogen-bond donors (Lipinski definition) is 1. The minimum absolute atomic E-state index is 0.0655. The third kappa shape index (κ3) is 2.20. The van der Waals surface area contributed by atoms with Gasteiger partial charge in [0.05, 0.1) is 13.7 Å². The van der Waals surface area contributed by atoms with Crippen LogP contribution in [0.4, 0.5) is 0 Å². The van der Waals surface area contributed by atoms with Gasteiger partial charge in [0.1, 0.15) is 11.4 Å². The van der Waals surface area contributed by atoms with Gasteiger partial charge in [-0.3, -0.25) is 4.79 Å². The lowest BCUT2D eigenvalue weighted by Crippen LogP contribution is -2.38. The minimum Gasteiger partial charge on any atom is -0.496 e. The number of methoxy groups -OCH3 is 1. The Morgan fingerprint density at radius 1 is 1.44 bits per heavy atom. The van der Waals surface area contributed by atoms with Crippen molar-refractivity contribution >= 4 is 5.97 Å². The van der Waals surface area contributed by atoms with Crippen molar-refractivity contribution in [3.8, 4) is 5.75 Å². The molecule has 1 aliphatic rings. The smallest absolute Gasteiger partial charge is 0.303 e. The molecule has 0 unspecified atom stereocenters. The number of ether oxygens (including phenoxy) is 2. The molecular formula is C14H18O4. The van der Waals surface area contributed by atoms with Crippen molar-refractivity contribution in [1.82, 2.24) is 0 Å². The number of benzene rings is 1. The second-order valence-corrected chi connectivity index (χ2v) is 4.63. The Bertz CT molecular complexity index is 449. The third-order valence-corrected chi connectivity index (χ3v) is 3.48. The number of aliphatic hydroxyl groups excluding tert-OH is 1. The van der Waals surface area contributed by atoms with E-state index in [1.807, 2.05) is 18.2 Å². The van der Waals surface area contributed by atoms with E-state index in [1.54, 1.807) is 7.11 Å². The number of esters is 1. The highest BCUT2D eigenvalue weighted by atomic mass is 16.6. The van der Waals surface area contributed by atoms with Gasteiger partial charge in [-0.2, -0.15) is 0 Å². The molecule has 0 amide bonds. The molecule has 98 valence electrons. The van der Waals surface area contributed by atoms with Gasteiger partial charge in [0.2, 0.25) is 0 Å². The molecule has 1 fully saturated rings. The number of hydrogen-bond acceptors (Lipinski definition) is 4. The summed E-state index contributed by atoms with van der Waals surface area (Å²) >= 11 is 0. The average molecular weight is 250 g/mol. The Morgan fingerprint density at radius 2 is 2.17 bits per heavy atom. The summed E-state index contributed by atoms with van der Waals surface area (Å²) in [5.74, 6) is 0.369. The van der Waals surface area contributed by atoms with E-state index < -0.39 is 5.60 Å². The van der Waals surface area contributed by atoms with Crippen molar-refractivity contribution in [3.05, 3.63) is 29.3 Å². The van der Waals surface area contributed by atoms with Crippen LogP contribution in [-0.2, 0) is 21.7 Å². The summed E-state index contributed by atoms with van der Waals surface area (Å²) in [4.78, 5) is 11.2. The largest absolute Gasteiger partial charge is 0.496 e. The molecule has 1 aromatic rings. The molecule has 1 N–H and O–H groups in total. The Morgan fingerprint density at radius 3 is 2.61 bits per heavy atom. The fourth-order valence-electron chi connectivity index (χ4n) is 2.38. The van der Waals surface area contributed by atoms with Crippen molar-refractivity contribution in [2.45, 2.75) is 38.4 Å². The van der Waals surface area contributed by atoms with Crippen LogP contribution in [-0.4, -0.2) is 18.2 Å². The zero-order valence-corrected chi connectivity index (χ0v) is 10.7. The summed E-state index contributed by atoms with van der Waals surface area (Å²) in [7, 11) is 1.57. The van der Waals surface area contributed by atoms with Gasteiger partial charge in [0.25, 0.3) is 0 Å². The minimum atomic E-state index is -0.493. The van der Waals surface area contributed by atoms with Crippen LogP contribution in [0.3, 0.4) is 0 Å². The van der Waals surface area contributed by atoms with Crippen molar-refractivity contribution in [2.24, 2.45) is 0 Å². The van der Waals surface area contributed by atoms with Crippen LogP contribution < -0.4 is 4.74 Å². The van der Waals surface area contributed by atoms with Gasteiger partial charge >= 0.3 is 5.97 Å². The molecule has 0 saturated heterocycles. The molecule has 1 aliphatic carbocycles. The molecule has 18 heavy (non-hydrogen) atoms. The quantitative estimate of drug-likeness (QED) is 0.832. The van der Waals surface area contributed by atoms with E-state index in [0.29, 0.717) is 5.75 Å². The number of carbonyl (C=O) groups excluding carboxylic acids is 1. The van der Waals surface area contributed by atoms with Gasteiger partial charge < -0.3 is 14.6 Å². The Kier molecular flexibility index (Phi) is 3.57.